The third-order valence-electron chi connectivity index (χ3n) is 3.48. The molecule has 0 radical (unpaired) electrons. The molecule has 3 nitrogen and oxygen atoms in total. The topological polar surface area (TPSA) is 56.0 Å². The highest BCUT2D eigenvalue weighted by Gasteiger charge is 2.22. The van der Waals surface area contributed by atoms with E-state index in [4.69, 9.17) is 5.26 Å². The van der Waals surface area contributed by atoms with Gasteiger partial charge in [0.15, 0.2) is 0 Å². The van der Waals surface area contributed by atoms with Crippen LogP contribution in [0.1, 0.15) is 36.8 Å². The molecular formula is C14H17FN2O. The Labute approximate surface area is 106 Å². The molecule has 96 valence electrons. The molecule has 2 N–H and O–H groups in total. The zero-order valence-electron chi connectivity index (χ0n) is 10.2. The second kappa shape index (κ2) is 5.94. The van der Waals surface area contributed by atoms with E-state index >= 15 is 0 Å². The van der Waals surface area contributed by atoms with Gasteiger partial charge in [-0.2, -0.15) is 5.26 Å². The average molecular weight is 248 g/mol. The maximum absolute atomic E-state index is 13.8. The van der Waals surface area contributed by atoms with Crippen molar-refractivity contribution < 1.29 is 9.50 Å². The van der Waals surface area contributed by atoms with Crippen LogP contribution in [0.2, 0.25) is 0 Å². The number of rotatable bonds is 3. The van der Waals surface area contributed by atoms with Crippen LogP contribution in [-0.2, 0) is 6.54 Å². The minimum absolute atomic E-state index is 0.0314. The van der Waals surface area contributed by atoms with Gasteiger partial charge in [-0.3, -0.25) is 0 Å². The van der Waals surface area contributed by atoms with Gasteiger partial charge < -0.3 is 10.4 Å². The van der Waals surface area contributed by atoms with Gasteiger partial charge in [0, 0.05) is 18.2 Å². The summed E-state index contributed by atoms with van der Waals surface area (Å²) in [5.41, 5.74) is 0.547. The first-order valence-corrected chi connectivity index (χ1v) is 6.31. The molecule has 4 heteroatoms. The monoisotopic (exact) mass is 248 g/mol. The molecule has 1 aliphatic rings. The highest BCUT2D eigenvalue weighted by molar-refractivity contribution is 5.34. The molecule has 1 aromatic rings. The molecule has 0 heterocycles. The van der Waals surface area contributed by atoms with Gasteiger partial charge in [-0.05, 0) is 18.9 Å². The second-order valence-electron chi connectivity index (χ2n) is 4.73. The lowest BCUT2D eigenvalue weighted by atomic mass is 9.92. The molecule has 0 amide bonds. The fourth-order valence-electron chi connectivity index (χ4n) is 2.39. The Kier molecular flexibility index (Phi) is 4.29. The van der Waals surface area contributed by atoms with Gasteiger partial charge in [0.25, 0.3) is 0 Å². The van der Waals surface area contributed by atoms with Gasteiger partial charge in [-0.1, -0.05) is 25.0 Å². The van der Waals surface area contributed by atoms with Crippen molar-refractivity contribution in [3.05, 3.63) is 35.1 Å². The summed E-state index contributed by atoms with van der Waals surface area (Å²) in [5, 5.41) is 21.7. The maximum atomic E-state index is 13.8. The van der Waals surface area contributed by atoms with Crippen LogP contribution in [0, 0.1) is 17.1 Å². The number of nitriles is 1. The maximum Gasteiger partial charge on any atom is 0.145 e. The van der Waals surface area contributed by atoms with Crippen LogP contribution in [0.15, 0.2) is 18.2 Å². The van der Waals surface area contributed by atoms with Crippen molar-refractivity contribution in [2.24, 2.45) is 0 Å². The van der Waals surface area contributed by atoms with Gasteiger partial charge in [0.1, 0.15) is 11.9 Å². The predicted molar refractivity (Wildman–Crippen MR) is 66.2 cm³/mol. The van der Waals surface area contributed by atoms with E-state index in [0.29, 0.717) is 12.1 Å². The van der Waals surface area contributed by atoms with Crippen LogP contribution in [0.5, 0.6) is 0 Å². The number of nitrogens with zero attached hydrogens (tertiary/aromatic N) is 1. The smallest absolute Gasteiger partial charge is 0.145 e. The van der Waals surface area contributed by atoms with E-state index in [-0.39, 0.29) is 17.7 Å². The Hall–Kier alpha value is -1.44. The molecule has 0 aliphatic heterocycles. The third-order valence-corrected chi connectivity index (χ3v) is 3.48. The summed E-state index contributed by atoms with van der Waals surface area (Å²) in [7, 11) is 0. The molecule has 1 fully saturated rings. The Balaban J connectivity index is 2.00. The van der Waals surface area contributed by atoms with Crippen molar-refractivity contribution in [1.82, 2.24) is 5.32 Å². The van der Waals surface area contributed by atoms with E-state index in [2.05, 4.69) is 5.32 Å². The van der Waals surface area contributed by atoms with Gasteiger partial charge in [0.05, 0.1) is 11.7 Å². The minimum atomic E-state index is -0.460. The number of halogens is 1. The molecule has 0 bridgehead atoms. The van der Waals surface area contributed by atoms with Crippen LogP contribution >= 0.6 is 0 Å². The summed E-state index contributed by atoms with van der Waals surface area (Å²) < 4.78 is 13.8. The predicted octanol–water partition coefficient (Wildman–Crippen LogP) is 2.09. The molecule has 2 unspecified atom stereocenters. The molecule has 0 spiro atoms. The van der Waals surface area contributed by atoms with E-state index < -0.39 is 5.82 Å². The number of benzene rings is 1. The summed E-state index contributed by atoms with van der Waals surface area (Å²) in [4.78, 5) is 0. The van der Waals surface area contributed by atoms with E-state index in [1.165, 1.54) is 6.07 Å². The van der Waals surface area contributed by atoms with Crippen LogP contribution in [0.3, 0.4) is 0 Å². The lowest BCUT2D eigenvalue weighted by Gasteiger charge is -2.28. The van der Waals surface area contributed by atoms with Gasteiger partial charge in [-0.15, -0.1) is 0 Å². The Bertz CT molecular complexity index is 456. The Morgan fingerprint density at radius 3 is 2.89 bits per heavy atom. The Morgan fingerprint density at radius 2 is 2.17 bits per heavy atom. The van der Waals surface area contributed by atoms with Crippen LogP contribution in [-0.4, -0.2) is 17.3 Å². The third kappa shape index (κ3) is 2.87. The first-order valence-electron chi connectivity index (χ1n) is 6.31. The van der Waals surface area contributed by atoms with E-state index in [9.17, 15) is 9.50 Å². The summed E-state index contributed by atoms with van der Waals surface area (Å²) in [6.45, 7) is 0.350. The zero-order valence-corrected chi connectivity index (χ0v) is 10.2. The summed E-state index contributed by atoms with van der Waals surface area (Å²) in [5.74, 6) is -0.460. The summed E-state index contributed by atoms with van der Waals surface area (Å²) >= 11 is 0. The van der Waals surface area contributed by atoms with Crippen molar-refractivity contribution in [1.29, 1.82) is 5.26 Å². The van der Waals surface area contributed by atoms with Crippen LogP contribution in [0.4, 0.5) is 4.39 Å². The van der Waals surface area contributed by atoms with Crippen LogP contribution in [0.25, 0.3) is 0 Å². The first-order chi connectivity index (χ1) is 8.72. The normalized spacial score (nSPS) is 23.6. The van der Waals surface area contributed by atoms with Crippen molar-refractivity contribution in [3.63, 3.8) is 0 Å². The van der Waals surface area contributed by atoms with Crippen molar-refractivity contribution in [2.75, 3.05) is 0 Å². The number of nitrogens with one attached hydrogen (secondary N) is 1. The van der Waals surface area contributed by atoms with Crippen LogP contribution < -0.4 is 5.32 Å². The molecular weight excluding hydrogens is 231 g/mol. The van der Waals surface area contributed by atoms with Gasteiger partial charge in [-0.25, -0.2) is 4.39 Å². The molecule has 2 rings (SSSR count). The molecule has 1 aliphatic carbocycles. The lowest BCUT2D eigenvalue weighted by molar-refractivity contribution is 0.0901. The molecule has 0 aromatic heterocycles. The zero-order chi connectivity index (χ0) is 13.0. The molecule has 0 saturated heterocycles. The van der Waals surface area contributed by atoms with Gasteiger partial charge >= 0.3 is 0 Å². The first kappa shape index (κ1) is 13.0. The largest absolute Gasteiger partial charge is 0.392 e. The molecule has 18 heavy (non-hydrogen) atoms. The van der Waals surface area contributed by atoms with Crippen molar-refractivity contribution in [3.8, 4) is 6.07 Å². The number of aliphatic hydroxyl groups excluding tert-OH is 1. The standard InChI is InChI=1S/C14H17FN2O/c15-14-10(8-16)4-3-5-11(14)9-17-12-6-1-2-7-13(12)18/h3-5,12-13,17-18H,1-2,6-7,9H2. The quantitative estimate of drug-likeness (QED) is 0.861. The molecule has 2 atom stereocenters. The summed E-state index contributed by atoms with van der Waals surface area (Å²) in [6, 6.07) is 6.67. The molecule has 1 aromatic carbocycles. The van der Waals surface area contributed by atoms with E-state index in [1.54, 1.807) is 12.1 Å². The SMILES string of the molecule is N#Cc1cccc(CNC2CCCCC2O)c1F. The van der Waals surface area contributed by atoms with Crippen molar-refractivity contribution >= 4 is 0 Å². The van der Waals surface area contributed by atoms with E-state index in [1.807, 2.05) is 6.07 Å². The highest BCUT2D eigenvalue weighted by atomic mass is 19.1. The summed E-state index contributed by atoms with van der Waals surface area (Å²) in [6.07, 6.45) is 3.52. The highest BCUT2D eigenvalue weighted by Crippen LogP contribution is 2.19. The molecule has 1 saturated carbocycles. The van der Waals surface area contributed by atoms with Gasteiger partial charge in [0.2, 0.25) is 0 Å². The lowest BCUT2D eigenvalue weighted by Crippen LogP contribution is -2.41. The number of hydrogen-bond acceptors (Lipinski definition) is 3. The fourth-order valence-corrected chi connectivity index (χ4v) is 2.39. The Morgan fingerprint density at radius 1 is 1.39 bits per heavy atom. The minimum Gasteiger partial charge on any atom is -0.392 e. The number of hydrogen-bond donors (Lipinski definition) is 2. The number of aliphatic hydroxyl groups is 1. The van der Waals surface area contributed by atoms with E-state index in [0.717, 1.165) is 25.7 Å². The van der Waals surface area contributed by atoms with Crippen molar-refractivity contribution in [2.45, 2.75) is 44.4 Å². The average Bonchev–Trinajstić information content (AvgIpc) is 2.39. The second-order valence-corrected chi connectivity index (χ2v) is 4.73. The fraction of sp³-hybridized carbons (Fsp3) is 0.500.